The Labute approximate surface area is 172 Å². The summed E-state index contributed by atoms with van der Waals surface area (Å²) in [5.74, 6) is -0.421. The van der Waals surface area contributed by atoms with E-state index in [0.29, 0.717) is 16.8 Å². The molecule has 154 valence electrons. The summed E-state index contributed by atoms with van der Waals surface area (Å²) in [5.41, 5.74) is 2.77. The number of aromatic nitrogens is 2. The Kier molecular flexibility index (Phi) is 4.18. The Hall–Kier alpha value is -3.19. The van der Waals surface area contributed by atoms with Crippen LogP contribution in [0.25, 0.3) is 27.9 Å². The second-order valence-corrected chi connectivity index (χ2v) is 8.62. The number of anilines is 1. The van der Waals surface area contributed by atoms with E-state index in [0.717, 1.165) is 36.3 Å². The average molecular weight is 406 g/mol. The zero-order valence-electron chi connectivity index (χ0n) is 17.2. The van der Waals surface area contributed by atoms with Gasteiger partial charge in [-0.25, -0.2) is 14.2 Å². The lowest BCUT2D eigenvalue weighted by molar-refractivity contribution is 0.353. The summed E-state index contributed by atoms with van der Waals surface area (Å²) in [6, 6.07) is 9.09. The molecule has 0 radical (unpaired) electrons. The number of fused-ring (bicyclic) bond motifs is 2. The van der Waals surface area contributed by atoms with Crippen LogP contribution in [-0.2, 0) is 0 Å². The van der Waals surface area contributed by atoms with E-state index >= 15 is 0 Å². The zero-order chi connectivity index (χ0) is 21.0. The first kappa shape index (κ1) is 18.8. The third-order valence-corrected chi connectivity index (χ3v) is 5.58. The van der Waals surface area contributed by atoms with E-state index in [4.69, 9.17) is 4.42 Å². The van der Waals surface area contributed by atoms with Gasteiger partial charge in [0.2, 0.25) is 0 Å². The van der Waals surface area contributed by atoms with Gasteiger partial charge in [0.1, 0.15) is 5.58 Å². The summed E-state index contributed by atoms with van der Waals surface area (Å²) in [6.07, 6.45) is 3.43. The van der Waals surface area contributed by atoms with E-state index in [1.54, 1.807) is 22.9 Å². The first-order valence-electron chi connectivity index (χ1n) is 10.0. The van der Waals surface area contributed by atoms with Gasteiger partial charge < -0.3 is 19.0 Å². The minimum absolute atomic E-state index is 0.0225. The zero-order valence-corrected chi connectivity index (χ0v) is 17.2. The first-order valence-corrected chi connectivity index (χ1v) is 10.0. The van der Waals surface area contributed by atoms with Crippen LogP contribution in [0.15, 0.2) is 51.9 Å². The monoisotopic (exact) mass is 406 g/mol. The van der Waals surface area contributed by atoms with Crippen LogP contribution in [0.1, 0.15) is 19.4 Å². The van der Waals surface area contributed by atoms with Gasteiger partial charge in [-0.1, -0.05) is 0 Å². The highest BCUT2D eigenvalue weighted by molar-refractivity contribution is 5.84. The molecule has 1 aromatic carbocycles. The minimum Gasteiger partial charge on any atom is -0.422 e. The molecule has 5 rings (SSSR count). The SMILES string of the molecule is Cc1cc(F)c2nc(-c3cc4ccc(N5CCNC(C)(C)C5)cc4oc3=O)cn2c1. The maximum atomic E-state index is 14.2. The van der Waals surface area contributed by atoms with E-state index < -0.39 is 11.4 Å². The average Bonchev–Trinajstić information content (AvgIpc) is 3.10. The molecule has 0 aliphatic carbocycles. The van der Waals surface area contributed by atoms with Crippen molar-refractivity contribution in [1.82, 2.24) is 14.7 Å². The predicted molar refractivity (Wildman–Crippen MR) is 116 cm³/mol. The number of pyridine rings is 1. The number of rotatable bonds is 2. The van der Waals surface area contributed by atoms with Crippen molar-refractivity contribution in [3.05, 3.63) is 64.5 Å². The van der Waals surface area contributed by atoms with Crippen LogP contribution in [0.2, 0.25) is 0 Å². The predicted octanol–water partition coefficient (Wildman–Crippen LogP) is 3.74. The van der Waals surface area contributed by atoms with E-state index in [9.17, 15) is 9.18 Å². The number of hydrogen-bond donors (Lipinski definition) is 1. The van der Waals surface area contributed by atoms with E-state index in [1.807, 2.05) is 25.1 Å². The van der Waals surface area contributed by atoms with Gasteiger partial charge in [0.25, 0.3) is 0 Å². The fourth-order valence-electron chi connectivity index (χ4n) is 4.16. The number of imidazole rings is 1. The van der Waals surface area contributed by atoms with E-state index in [2.05, 4.69) is 29.0 Å². The van der Waals surface area contributed by atoms with Crippen LogP contribution in [0.5, 0.6) is 0 Å². The molecule has 1 aliphatic heterocycles. The van der Waals surface area contributed by atoms with Crippen molar-refractivity contribution in [2.24, 2.45) is 0 Å². The molecule has 1 N–H and O–H groups in total. The summed E-state index contributed by atoms with van der Waals surface area (Å²) in [4.78, 5) is 19.3. The van der Waals surface area contributed by atoms with Crippen LogP contribution >= 0.6 is 0 Å². The van der Waals surface area contributed by atoms with E-state index in [1.165, 1.54) is 6.07 Å². The molecule has 0 bridgehead atoms. The molecule has 0 unspecified atom stereocenters. The van der Waals surface area contributed by atoms with Gasteiger partial charge in [-0.05, 0) is 50.6 Å². The van der Waals surface area contributed by atoms with Crippen molar-refractivity contribution in [2.75, 3.05) is 24.5 Å². The Balaban J connectivity index is 1.56. The number of nitrogens with one attached hydrogen (secondary N) is 1. The van der Waals surface area contributed by atoms with Crippen molar-refractivity contribution in [3.8, 4) is 11.3 Å². The second-order valence-electron chi connectivity index (χ2n) is 8.62. The molecule has 6 nitrogen and oxygen atoms in total. The third-order valence-electron chi connectivity index (χ3n) is 5.58. The molecular formula is C23H23FN4O2. The van der Waals surface area contributed by atoms with Gasteiger partial charge in [0.05, 0.1) is 11.3 Å². The molecule has 7 heteroatoms. The Morgan fingerprint density at radius 3 is 2.83 bits per heavy atom. The van der Waals surface area contributed by atoms with Crippen molar-refractivity contribution in [1.29, 1.82) is 0 Å². The lowest BCUT2D eigenvalue weighted by atomic mass is 10.0. The molecule has 0 saturated carbocycles. The van der Waals surface area contributed by atoms with Gasteiger partial charge in [0.15, 0.2) is 11.5 Å². The fraction of sp³-hybridized carbons (Fsp3) is 0.304. The minimum atomic E-state index is -0.485. The molecule has 0 spiro atoms. The lowest BCUT2D eigenvalue weighted by Crippen LogP contribution is -2.57. The summed E-state index contributed by atoms with van der Waals surface area (Å²) in [5, 5.41) is 4.30. The van der Waals surface area contributed by atoms with Gasteiger partial charge in [-0.2, -0.15) is 0 Å². The van der Waals surface area contributed by atoms with Gasteiger partial charge in [-0.3, -0.25) is 0 Å². The number of piperazine rings is 1. The molecule has 4 aromatic rings. The Morgan fingerprint density at radius 1 is 1.20 bits per heavy atom. The smallest absolute Gasteiger partial charge is 0.345 e. The van der Waals surface area contributed by atoms with Crippen LogP contribution in [-0.4, -0.2) is 34.6 Å². The number of nitrogens with zero attached hydrogens (tertiary/aromatic N) is 3. The summed E-state index contributed by atoms with van der Waals surface area (Å²) in [7, 11) is 0. The van der Waals surface area contributed by atoms with Crippen LogP contribution in [0.4, 0.5) is 10.1 Å². The highest BCUT2D eigenvalue weighted by Crippen LogP contribution is 2.27. The van der Waals surface area contributed by atoms with Crippen LogP contribution in [0, 0.1) is 12.7 Å². The number of aryl methyl sites for hydroxylation is 1. The number of hydrogen-bond acceptors (Lipinski definition) is 5. The summed E-state index contributed by atoms with van der Waals surface area (Å²) >= 11 is 0. The quantitative estimate of drug-likeness (QED) is 0.514. The highest BCUT2D eigenvalue weighted by atomic mass is 19.1. The van der Waals surface area contributed by atoms with Gasteiger partial charge in [-0.15, -0.1) is 0 Å². The van der Waals surface area contributed by atoms with Crippen LogP contribution < -0.4 is 15.8 Å². The molecule has 1 fully saturated rings. The molecule has 0 atom stereocenters. The second kappa shape index (κ2) is 6.67. The summed E-state index contributed by atoms with van der Waals surface area (Å²) in [6.45, 7) is 8.82. The molecule has 0 amide bonds. The van der Waals surface area contributed by atoms with Crippen molar-refractivity contribution < 1.29 is 8.81 Å². The molecular weight excluding hydrogens is 383 g/mol. The molecule has 4 heterocycles. The molecule has 1 aliphatic rings. The highest BCUT2D eigenvalue weighted by Gasteiger charge is 2.26. The fourth-order valence-corrected chi connectivity index (χ4v) is 4.16. The standard InChI is InChI=1S/C23H23FN4O2/c1-14-8-18(24)21-26-19(12-28(21)11-14)17-9-15-4-5-16(10-20(15)30-22(17)29)27-7-6-25-23(2,3)13-27/h4-5,8-12,25H,6-7,13H2,1-3H3. The van der Waals surface area contributed by atoms with Crippen molar-refractivity contribution in [2.45, 2.75) is 26.3 Å². The summed E-state index contributed by atoms with van der Waals surface area (Å²) < 4.78 is 21.4. The Morgan fingerprint density at radius 2 is 2.03 bits per heavy atom. The Bertz CT molecular complexity index is 1340. The van der Waals surface area contributed by atoms with Gasteiger partial charge >= 0.3 is 5.63 Å². The van der Waals surface area contributed by atoms with E-state index in [-0.39, 0.29) is 11.2 Å². The third kappa shape index (κ3) is 3.25. The number of halogens is 1. The molecule has 1 saturated heterocycles. The van der Waals surface area contributed by atoms with Gasteiger partial charge in [0, 0.05) is 54.7 Å². The lowest BCUT2D eigenvalue weighted by Gasteiger charge is -2.40. The maximum Gasteiger partial charge on any atom is 0.345 e. The van der Waals surface area contributed by atoms with Crippen LogP contribution in [0.3, 0.4) is 0 Å². The topological polar surface area (TPSA) is 62.8 Å². The first-order chi connectivity index (χ1) is 14.3. The normalized spacial score (nSPS) is 16.5. The van der Waals surface area contributed by atoms with Crippen molar-refractivity contribution >= 4 is 22.3 Å². The molecule has 30 heavy (non-hydrogen) atoms. The largest absolute Gasteiger partial charge is 0.422 e. The van der Waals surface area contributed by atoms with Crippen molar-refractivity contribution in [3.63, 3.8) is 0 Å². The maximum absolute atomic E-state index is 14.2. The molecule has 3 aromatic heterocycles. The number of benzene rings is 1.